The molecule has 0 aliphatic carbocycles. The standard InChI is InChI=1S/C23H20BrN3O/c1-2-26(19-11-4-3-5-12-19)22(28)16-27-21-14-7-6-13-20(21)25-23(27)17-9-8-10-18(24)15-17/h3-15H,2,16H2,1H3. The fourth-order valence-electron chi connectivity index (χ4n) is 3.41. The molecule has 0 unspecified atom stereocenters. The Bertz CT molecular complexity index is 1120. The average molecular weight is 434 g/mol. The maximum atomic E-state index is 13.2. The molecule has 1 amide bonds. The van der Waals surface area contributed by atoms with Gasteiger partial charge in [0.1, 0.15) is 12.4 Å². The van der Waals surface area contributed by atoms with Crippen molar-refractivity contribution in [2.24, 2.45) is 0 Å². The van der Waals surface area contributed by atoms with E-state index in [9.17, 15) is 4.79 Å². The van der Waals surface area contributed by atoms with E-state index >= 15 is 0 Å². The number of rotatable bonds is 5. The molecule has 28 heavy (non-hydrogen) atoms. The Kier molecular flexibility index (Phi) is 5.26. The van der Waals surface area contributed by atoms with Crippen LogP contribution in [0.5, 0.6) is 0 Å². The number of likely N-dealkylation sites (N-methyl/N-ethyl adjacent to an activating group) is 1. The Hall–Kier alpha value is -2.92. The van der Waals surface area contributed by atoms with Gasteiger partial charge in [-0.15, -0.1) is 0 Å². The predicted molar refractivity (Wildman–Crippen MR) is 117 cm³/mol. The topological polar surface area (TPSA) is 38.1 Å². The molecule has 0 spiro atoms. The van der Waals surface area contributed by atoms with Crippen molar-refractivity contribution in [2.75, 3.05) is 11.4 Å². The number of nitrogens with zero attached hydrogens (tertiary/aromatic N) is 3. The van der Waals surface area contributed by atoms with Gasteiger partial charge in [0.2, 0.25) is 5.91 Å². The number of hydrogen-bond acceptors (Lipinski definition) is 2. The highest BCUT2D eigenvalue weighted by Gasteiger charge is 2.19. The van der Waals surface area contributed by atoms with Crippen LogP contribution in [0.4, 0.5) is 5.69 Å². The Morgan fingerprint density at radius 1 is 1.00 bits per heavy atom. The lowest BCUT2D eigenvalue weighted by Gasteiger charge is -2.22. The molecule has 1 aromatic heterocycles. The van der Waals surface area contributed by atoms with Crippen molar-refractivity contribution in [1.29, 1.82) is 0 Å². The van der Waals surface area contributed by atoms with Crippen molar-refractivity contribution in [2.45, 2.75) is 13.5 Å². The summed E-state index contributed by atoms with van der Waals surface area (Å²) in [7, 11) is 0. The molecule has 0 saturated carbocycles. The highest BCUT2D eigenvalue weighted by atomic mass is 79.9. The second kappa shape index (κ2) is 7.98. The van der Waals surface area contributed by atoms with Crippen molar-refractivity contribution in [3.8, 4) is 11.4 Å². The molecule has 3 aromatic carbocycles. The molecule has 4 aromatic rings. The third-order valence-electron chi connectivity index (χ3n) is 4.72. The second-order valence-corrected chi connectivity index (χ2v) is 7.41. The molecular weight excluding hydrogens is 414 g/mol. The maximum Gasteiger partial charge on any atom is 0.246 e. The summed E-state index contributed by atoms with van der Waals surface area (Å²) in [5, 5.41) is 0. The first-order valence-electron chi connectivity index (χ1n) is 9.24. The van der Waals surface area contributed by atoms with Gasteiger partial charge in [-0.05, 0) is 43.3 Å². The molecule has 0 aliphatic rings. The molecule has 0 saturated heterocycles. The fourth-order valence-corrected chi connectivity index (χ4v) is 3.81. The number of hydrogen-bond donors (Lipinski definition) is 0. The van der Waals surface area contributed by atoms with E-state index in [1.165, 1.54) is 0 Å². The van der Waals surface area contributed by atoms with Crippen LogP contribution in [0.2, 0.25) is 0 Å². The predicted octanol–water partition coefficient (Wildman–Crippen LogP) is 5.52. The van der Waals surface area contributed by atoms with E-state index in [-0.39, 0.29) is 12.5 Å². The molecule has 1 heterocycles. The number of anilines is 1. The number of fused-ring (bicyclic) bond motifs is 1. The molecule has 140 valence electrons. The molecule has 0 bridgehead atoms. The minimum absolute atomic E-state index is 0.0353. The number of benzene rings is 3. The van der Waals surface area contributed by atoms with Gasteiger partial charge >= 0.3 is 0 Å². The highest BCUT2D eigenvalue weighted by molar-refractivity contribution is 9.10. The molecular formula is C23H20BrN3O. The van der Waals surface area contributed by atoms with Gasteiger partial charge in [-0.25, -0.2) is 4.98 Å². The summed E-state index contributed by atoms with van der Waals surface area (Å²) in [6.07, 6.45) is 0. The zero-order valence-electron chi connectivity index (χ0n) is 15.5. The summed E-state index contributed by atoms with van der Waals surface area (Å²) < 4.78 is 2.99. The Balaban J connectivity index is 1.77. The third-order valence-corrected chi connectivity index (χ3v) is 5.21. The van der Waals surface area contributed by atoms with Crippen LogP contribution in [0.3, 0.4) is 0 Å². The van der Waals surface area contributed by atoms with Gasteiger partial charge in [0, 0.05) is 22.3 Å². The van der Waals surface area contributed by atoms with Gasteiger partial charge in [0.05, 0.1) is 11.0 Å². The first-order chi connectivity index (χ1) is 13.7. The number of amides is 1. The summed E-state index contributed by atoms with van der Waals surface area (Å²) in [4.78, 5) is 19.8. The summed E-state index contributed by atoms with van der Waals surface area (Å²) in [5.41, 5.74) is 3.72. The number of carbonyl (C=O) groups is 1. The smallest absolute Gasteiger partial charge is 0.246 e. The van der Waals surface area contributed by atoms with E-state index in [4.69, 9.17) is 4.98 Å². The van der Waals surface area contributed by atoms with Crippen LogP contribution < -0.4 is 4.90 Å². The number of imidazole rings is 1. The first-order valence-corrected chi connectivity index (χ1v) is 10.0. The molecule has 0 N–H and O–H groups in total. The summed E-state index contributed by atoms with van der Waals surface area (Å²) >= 11 is 3.53. The lowest BCUT2D eigenvalue weighted by Crippen LogP contribution is -2.33. The van der Waals surface area contributed by atoms with E-state index in [2.05, 4.69) is 15.9 Å². The average Bonchev–Trinajstić information content (AvgIpc) is 3.08. The summed E-state index contributed by atoms with van der Waals surface area (Å²) in [6.45, 7) is 2.83. The van der Waals surface area contributed by atoms with E-state index < -0.39 is 0 Å². The SMILES string of the molecule is CCN(C(=O)Cn1c(-c2cccc(Br)c2)nc2ccccc21)c1ccccc1. The number of para-hydroxylation sites is 3. The number of carbonyl (C=O) groups excluding carboxylic acids is 1. The van der Waals surface area contributed by atoms with Crippen LogP contribution >= 0.6 is 15.9 Å². The van der Waals surface area contributed by atoms with Crippen molar-refractivity contribution >= 4 is 38.6 Å². The van der Waals surface area contributed by atoms with Crippen LogP contribution in [-0.2, 0) is 11.3 Å². The van der Waals surface area contributed by atoms with Crippen molar-refractivity contribution in [3.63, 3.8) is 0 Å². The zero-order chi connectivity index (χ0) is 19.5. The molecule has 0 radical (unpaired) electrons. The van der Waals surface area contributed by atoms with E-state index in [0.717, 1.165) is 32.6 Å². The van der Waals surface area contributed by atoms with Crippen LogP contribution in [0.1, 0.15) is 6.92 Å². The molecule has 0 fully saturated rings. The van der Waals surface area contributed by atoms with Crippen molar-refractivity contribution in [1.82, 2.24) is 9.55 Å². The first kappa shape index (κ1) is 18.4. The van der Waals surface area contributed by atoms with Crippen molar-refractivity contribution in [3.05, 3.63) is 83.3 Å². The van der Waals surface area contributed by atoms with E-state index in [1.54, 1.807) is 4.90 Å². The zero-order valence-corrected chi connectivity index (χ0v) is 17.1. The van der Waals surface area contributed by atoms with Gasteiger partial charge < -0.3 is 9.47 Å². The molecule has 5 heteroatoms. The molecule has 4 rings (SSSR count). The minimum Gasteiger partial charge on any atom is -0.314 e. The lowest BCUT2D eigenvalue weighted by molar-refractivity contribution is -0.119. The van der Waals surface area contributed by atoms with Crippen molar-refractivity contribution < 1.29 is 4.79 Å². The maximum absolute atomic E-state index is 13.2. The largest absolute Gasteiger partial charge is 0.314 e. The number of halogens is 1. The lowest BCUT2D eigenvalue weighted by atomic mass is 10.2. The summed E-state index contributed by atoms with van der Waals surface area (Å²) in [5.74, 6) is 0.827. The van der Waals surface area contributed by atoms with Crippen LogP contribution in [0, 0.1) is 0 Å². The third kappa shape index (κ3) is 3.58. The van der Waals surface area contributed by atoms with Gasteiger partial charge in [0.15, 0.2) is 0 Å². The normalized spacial score (nSPS) is 10.9. The number of aromatic nitrogens is 2. The Morgan fingerprint density at radius 3 is 2.50 bits per heavy atom. The molecule has 4 nitrogen and oxygen atoms in total. The fraction of sp³-hybridized carbons (Fsp3) is 0.130. The summed E-state index contributed by atoms with van der Waals surface area (Å²) in [6, 6.07) is 25.7. The van der Waals surface area contributed by atoms with E-state index in [0.29, 0.717) is 6.54 Å². The van der Waals surface area contributed by atoms with Gasteiger partial charge in [-0.1, -0.05) is 58.4 Å². The molecule has 0 aliphatic heterocycles. The quantitative estimate of drug-likeness (QED) is 0.415. The van der Waals surface area contributed by atoms with Gasteiger partial charge in [-0.2, -0.15) is 0 Å². The molecule has 0 atom stereocenters. The second-order valence-electron chi connectivity index (χ2n) is 6.49. The van der Waals surface area contributed by atoms with Crippen LogP contribution in [-0.4, -0.2) is 22.0 Å². The minimum atomic E-state index is 0.0353. The monoisotopic (exact) mass is 433 g/mol. The van der Waals surface area contributed by atoms with Gasteiger partial charge in [0.25, 0.3) is 0 Å². The van der Waals surface area contributed by atoms with E-state index in [1.807, 2.05) is 90.4 Å². The Labute approximate surface area is 172 Å². The van der Waals surface area contributed by atoms with Crippen LogP contribution in [0.15, 0.2) is 83.3 Å². The van der Waals surface area contributed by atoms with Gasteiger partial charge in [-0.3, -0.25) is 4.79 Å². The highest BCUT2D eigenvalue weighted by Crippen LogP contribution is 2.27. The Morgan fingerprint density at radius 2 is 1.75 bits per heavy atom. The van der Waals surface area contributed by atoms with Crippen LogP contribution in [0.25, 0.3) is 22.4 Å².